The Morgan fingerprint density at radius 2 is 2.00 bits per heavy atom. The molecule has 7 heteroatoms. The third kappa shape index (κ3) is 1.53. The molecule has 4 N–H and O–H groups in total. The number of hydrogen-bond donors (Lipinski definition) is 2. The second-order valence-corrected chi connectivity index (χ2v) is 3.37. The Kier molecular flexibility index (Phi) is 1.91. The summed E-state index contributed by atoms with van der Waals surface area (Å²) in [6.45, 7) is 0. The number of aromatic nitrogens is 4. The van der Waals surface area contributed by atoms with Crippen LogP contribution in [0.5, 0.6) is 0 Å². The van der Waals surface area contributed by atoms with Gasteiger partial charge >= 0.3 is 0 Å². The Labute approximate surface area is 95.5 Å². The number of hydrogen-bond acceptors (Lipinski definition) is 7. The van der Waals surface area contributed by atoms with Crippen LogP contribution in [0.2, 0.25) is 0 Å². The summed E-state index contributed by atoms with van der Waals surface area (Å²) in [5.41, 5.74) is 12.5. The van der Waals surface area contributed by atoms with Crippen molar-refractivity contribution in [2.24, 2.45) is 0 Å². The van der Waals surface area contributed by atoms with E-state index in [-0.39, 0.29) is 11.8 Å². The van der Waals surface area contributed by atoms with E-state index in [1.807, 2.05) is 0 Å². The molecule has 0 aliphatic heterocycles. The van der Waals surface area contributed by atoms with Crippen molar-refractivity contribution in [1.82, 2.24) is 19.9 Å². The van der Waals surface area contributed by atoms with Crippen LogP contribution in [-0.2, 0) is 0 Å². The highest BCUT2D eigenvalue weighted by Gasteiger charge is 2.09. The predicted octanol–water partition coefficient (Wildman–Crippen LogP) is 0.844. The summed E-state index contributed by atoms with van der Waals surface area (Å²) in [6, 6.07) is 3.55. The van der Waals surface area contributed by atoms with Crippen molar-refractivity contribution in [2.75, 3.05) is 11.5 Å². The van der Waals surface area contributed by atoms with Crippen molar-refractivity contribution in [2.45, 2.75) is 0 Å². The van der Waals surface area contributed by atoms with Crippen LogP contribution in [0.1, 0.15) is 0 Å². The molecule has 0 unspecified atom stereocenters. The van der Waals surface area contributed by atoms with E-state index in [1.54, 1.807) is 24.6 Å². The number of fused-ring (bicyclic) bond motifs is 1. The average Bonchev–Trinajstić information content (AvgIpc) is 2.82. The first-order chi connectivity index (χ1) is 8.24. The minimum atomic E-state index is 0.0787. The molecular weight excluding hydrogens is 220 g/mol. The third-order valence-electron chi connectivity index (χ3n) is 2.22. The Morgan fingerprint density at radius 1 is 1.12 bits per heavy atom. The van der Waals surface area contributed by atoms with Crippen molar-refractivity contribution in [3.05, 3.63) is 24.6 Å². The maximum Gasteiger partial charge on any atom is 0.224 e. The van der Waals surface area contributed by atoms with Gasteiger partial charge in [-0.3, -0.25) is 0 Å². The predicted molar refractivity (Wildman–Crippen MR) is 61.7 cm³/mol. The second-order valence-electron chi connectivity index (χ2n) is 3.37. The molecule has 0 amide bonds. The molecule has 84 valence electrons. The zero-order chi connectivity index (χ0) is 11.8. The molecule has 0 spiro atoms. The Balaban J connectivity index is 2.26. The van der Waals surface area contributed by atoms with Gasteiger partial charge in [0.2, 0.25) is 5.95 Å². The summed E-state index contributed by atoms with van der Waals surface area (Å²) in [5, 5.41) is 0. The zero-order valence-corrected chi connectivity index (χ0v) is 8.66. The lowest BCUT2D eigenvalue weighted by atomic mass is 10.3. The summed E-state index contributed by atoms with van der Waals surface area (Å²) in [6.07, 6.45) is 3.11. The van der Waals surface area contributed by atoms with Crippen molar-refractivity contribution in [3.8, 4) is 11.5 Å². The van der Waals surface area contributed by atoms with E-state index in [0.717, 1.165) is 0 Å². The largest absolute Gasteiger partial charge is 0.463 e. The lowest BCUT2D eigenvalue weighted by molar-refractivity contribution is 0.580. The van der Waals surface area contributed by atoms with Gasteiger partial charge in [-0.1, -0.05) is 0 Å². The Hall–Kier alpha value is -2.70. The van der Waals surface area contributed by atoms with Gasteiger partial charge < -0.3 is 15.9 Å². The number of rotatable bonds is 1. The fraction of sp³-hybridized carbons (Fsp3) is 0. The van der Waals surface area contributed by atoms with Gasteiger partial charge in [0.25, 0.3) is 0 Å². The van der Waals surface area contributed by atoms with Gasteiger partial charge in [0.1, 0.15) is 5.69 Å². The molecular formula is C10H8N6O. The normalized spacial score (nSPS) is 10.8. The number of nitrogens with two attached hydrogens (primary N) is 2. The fourth-order valence-electron chi connectivity index (χ4n) is 1.49. The second kappa shape index (κ2) is 3.41. The van der Waals surface area contributed by atoms with E-state index in [0.29, 0.717) is 22.6 Å². The van der Waals surface area contributed by atoms with Crippen LogP contribution >= 0.6 is 0 Å². The van der Waals surface area contributed by atoms with Gasteiger partial charge in [-0.25, -0.2) is 9.97 Å². The minimum absolute atomic E-state index is 0.0787. The standard InChI is InChI=1S/C10H8N6O/c11-8-7-9(16-10(12)15-8)13-4-5(14-7)6-2-1-3-17-6/h1-4H,(H4,11,12,13,15,16). The molecule has 3 heterocycles. The average molecular weight is 228 g/mol. The summed E-state index contributed by atoms with van der Waals surface area (Å²) < 4.78 is 5.22. The molecule has 3 aromatic rings. The summed E-state index contributed by atoms with van der Waals surface area (Å²) >= 11 is 0. The summed E-state index contributed by atoms with van der Waals surface area (Å²) in [5.74, 6) is 0.888. The first-order valence-corrected chi connectivity index (χ1v) is 4.83. The monoisotopic (exact) mass is 228 g/mol. The molecule has 0 aromatic carbocycles. The first kappa shape index (κ1) is 9.52. The maximum absolute atomic E-state index is 5.72. The number of nitrogens with zero attached hydrogens (tertiary/aromatic N) is 4. The van der Waals surface area contributed by atoms with Crippen LogP contribution < -0.4 is 11.5 Å². The molecule has 3 aromatic heterocycles. The molecule has 0 saturated heterocycles. The van der Waals surface area contributed by atoms with Crippen molar-refractivity contribution in [1.29, 1.82) is 0 Å². The SMILES string of the molecule is Nc1nc(N)c2nc(-c3ccco3)cnc2n1. The van der Waals surface area contributed by atoms with Crippen LogP contribution in [0.25, 0.3) is 22.6 Å². The van der Waals surface area contributed by atoms with E-state index >= 15 is 0 Å². The van der Waals surface area contributed by atoms with Crippen molar-refractivity contribution >= 4 is 22.9 Å². The molecule has 0 atom stereocenters. The molecule has 0 saturated carbocycles. The molecule has 3 rings (SSSR count). The zero-order valence-electron chi connectivity index (χ0n) is 8.66. The molecule has 0 fully saturated rings. The van der Waals surface area contributed by atoms with Gasteiger partial charge in [0, 0.05) is 0 Å². The third-order valence-corrected chi connectivity index (χ3v) is 2.22. The van der Waals surface area contributed by atoms with Crippen LogP contribution in [0.15, 0.2) is 29.0 Å². The Morgan fingerprint density at radius 3 is 2.76 bits per heavy atom. The molecule has 7 nitrogen and oxygen atoms in total. The van der Waals surface area contributed by atoms with Crippen LogP contribution in [-0.4, -0.2) is 19.9 Å². The van der Waals surface area contributed by atoms with Crippen molar-refractivity contribution < 1.29 is 4.42 Å². The lowest BCUT2D eigenvalue weighted by Crippen LogP contribution is -2.03. The van der Waals surface area contributed by atoms with E-state index in [1.165, 1.54) is 0 Å². The molecule has 0 radical (unpaired) electrons. The highest BCUT2D eigenvalue weighted by molar-refractivity contribution is 5.83. The number of anilines is 2. The highest BCUT2D eigenvalue weighted by Crippen LogP contribution is 2.21. The van der Waals surface area contributed by atoms with Crippen LogP contribution in [0, 0.1) is 0 Å². The maximum atomic E-state index is 5.72. The van der Waals surface area contributed by atoms with Gasteiger partial charge in [0.05, 0.1) is 12.5 Å². The fourth-order valence-corrected chi connectivity index (χ4v) is 1.49. The van der Waals surface area contributed by atoms with Crippen LogP contribution in [0.3, 0.4) is 0 Å². The van der Waals surface area contributed by atoms with Crippen molar-refractivity contribution in [3.63, 3.8) is 0 Å². The van der Waals surface area contributed by atoms with Crippen LogP contribution in [0.4, 0.5) is 11.8 Å². The Bertz CT molecular complexity index is 679. The van der Waals surface area contributed by atoms with E-state index < -0.39 is 0 Å². The molecule has 0 bridgehead atoms. The smallest absolute Gasteiger partial charge is 0.224 e. The first-order valence-electron chi connectivity index (χ1n) is 4.83. The van der Waals surface area contributed by atoms with Gasteiger partial charge in [0.15, 0.2) is 22.7 Å². The summed E-state index contributed by atoms with van der Waals surface area (Å²) in [7, 11) is 0. The minimum Gasteiger partial charge on any atom is -0.463 e. The quantitative estimate of drug-likeness (QED) is 0.633. The van der Waals surface area contributed by atoms with E-state index in [9.17, 15) is 0 Å². The molecule has 0 aliphatic carbocycles. The van der Waals surface area contributed by atoms with Gasteiger partial charge in [-0.2, -0.15) is 9.97 Å². The molecule has 0 aliphatic rings. The highest BCUT2D eigenvalue weighted by atomic mass is 16.3. The topological polar surface area (TPSA) is 117 Å². The summed E-state index contributed by atoms with van der Waals surface area (Å²) in [4.78, 5) is 16.2. The van der Waals surface area contributed by atoms with Gasteiger partial charge in [-0.05, 0) is 12.1 Å². The lowest BCUT2D eigenvalue weighted by Gasteiger charge is -2.02. The van der Waals surface area contributed by atoms with Gasteiger partial charge in [-0.15, -0.1) is 0 Å². The number of furan rings is 1. The number of nitrogen functional groups attached to an aromatic ring is 2. The molecule has 17 heavy (non-hydrogen) atoms. The van der Waals surface area contributed by atoms with E-state index in [4.69, 9.17) is 15.9 Å². The van der Waals surface area contributed by atoms with E-state index in [2.05, 4.69) is 19.9 Å².